The standard InChI is InChI=1S/C11H22N3O3.C8H12N4O2.Mn.H2O/c1-10(15)8-13-4-2-12-3-5-14(7-6-13)9-11(16)17;1-5(13)12-7(8(9)14)2-6-3-10-4-11-6;;/h10,15H,2-9H2,1H3,(H,16,17);3-4,7H,2H2,1H3,(H2,9,14)(H,10,11)(H,12,13);;1H2/q-1;;;. The van der Waals surface area contributed by atoms with Gasteiger partial charge in [-0.2, -0.15) is 0 Å². The summed E-state index contributed by atoms with van der Waals surface area (Å²) in [5, 5.41) is 25.0. The van der Waals surface area contributed by atoms with Gasteiger partial charge in [0.05, 0.1) is 19.0 Å². The fourth-order valence-electron chi connectivity index (χ4n) is 3.03. The number of carbonyl (C=O) groups is 3. The van der Waals surface area contributed by atoms with Gasteiger partial charge < -0.3 is 41.9 Å². The van der Waals surface area contributed by atoms with Crippen LogP contribution < -0.4 is 11.1 Å². The molecule has 2 amide bonds. The molecule has 1 saturated heterocycles. The van der Waals surface area contributed by atoms with Gasteiger partial charge in [-0.1, -0.05) is 0 Å². The molecule has 2 heterocycles. The van der Waals surface area contributed by atoms with E-state index in [-0.39, 0.29) is 41.1 Å². The zero-order valence-corrected chi connectivity index (χ0v) is 20.2. The summed E-state index contributed by atoms with van der Waals surface area (Å²) in [4.78, 5) is 43.0. The normalized spacial score (nSPS) is 16.7. The Morgan fingerprint density at radius 3 is 2.33 bits per heavy atom. The molecule has 2 atom stereocenters. The monoisotopic (exact) mass is 513 g/mol. The second-order valence-corrected chi connectivity index (χ2v) is 7.43. The predicted molar refractivity (Wildman–Crippen MR) is 118 cm³/mol. The van der Waals surface area contributed by atoms with Crippen molar-refractivity contribution in [2.45, 2.75) is 32.4 Å². The number of aliphatic hydroxyl groups excluding tert-OH is 1. The van der Waals surface area contributed by atoms with Gasteiger partial charge in [-0.05, 0) is 20.0 Å². The van der Waals surface area contributed by atoms with Crippen molar-refractivity contribution in [1.82, 2.24) is 25.1 Å². The summed E-state index contributed by atoms with van der Waals surface area (Å²) in [7, 11) is 0. The minimum Gasteiger partial charge on any atom is -0.660 e. The second kappa shape index (κ2) is 18.4. The molecule has 0 aromatic carbocycles. The van der Waals surface area contributed by atoms with E-state index in [1.165, 1.54) is 13.3 Å². The van der Waals surface area contributed by atoms with Crippen molar-refractivity contribution in [2.75, 3.05) is 52.4 Å². The number of carboxylic acids is 1. The maximum Gasteiger partial charge on any atom is 0.317 e. The van der Waals surface area contributed by atoms with E-state index in [0.29, 0.717) is 32.6 Å². The summed E-state index contributed by atoms with van der Waals surface area (Å²) in [6.45, 7) is 8.28. The number of imidazole rings is 1. The van der Waals surface area contributed by atoms with Crippen molar-refractivity contribution in [3.8, 4) is 0 Å². The number of amides is 2. The smallest absolute Gasteiger partial charge is 0.317 e. The maximum absolute atomic E-state index is 10.9. The second-order valence-electron chi connectivity index (χ2n) is 7.43. The Balaban J connectivity index is 0. The Hall–Kier alpha value is -2.06. The third kappa shape index (κ3) is 16.2. The van der Waals surface area contributed by atoms with Crippen LogP contribution in [-0.4, -0.2) is 118 Å². The molecule has 8 N–H and O–H groups in total. The van der Waals surface area contributed by atoms with Gasteiger partial charge in [-0.15, -0.1) is 13.1 Å². The van der Waals surface area contributed by atoms with Crippen LogP contribution in [0.1, 0.15) is 19.5 Å². The van der Waals surface area contributed by atoms with Crippen LogP contribution in [0, 0.1) is 0 Å². The van der Waals surface area contributed by atoms with Crippen molar-refractivity contribution in [3.05, 3.63) is 23.5 Å². The molecule has 1 radical (unpaired) electrons. The number of aromatic amines is 1. The Kier molecular flexibility index (Phi) is 18.4. The van der Waals surface area contributed by atoms with E-state index < -0.39 is 17.9 Å². The van der Waals surface area contributed by atoms with E-state index >= 15 is 0 Å². The number of primary amides is 1. The largest absolute Gasteiger partial charge is 0.660 e. The number of aliphatic hydroxyl groups is 1. The van der Waals surface area contributed by atoms with Crippen LogP contribution in [0.25, 0.3) is 5.32 Å². The Bertz CT molecular complexity index is 678. The molecule has 2 rings (SSSR count). The van der Waals surface area contributed by atoms with Gasteiger partial charge in [0.1, 0.15) is 6.04 Å². The molecule has 1 aliphatic rings. The molecule has 0 bridgehead atoms. The molecule has 33 heavy (non-hydrogen) atoms. The first-order valence-electron chi connectivity index (χ1n) is 10.2. The van der Waals surface area contributed by atoms with Gasteiger partial charge in [0.2, 0.25) is 11.8 Å². The van der Waals surface area contributed by atoms with Crippen LogP contribution in [0.3, 0.4) is 0 Å². The van der Waals surface area contributed by atoms with E-state index in [1.807, 2.05) is 4.90 Å². The molecule has 0 aliphatic carbocycles. The predicted octanol–water partition coefficient (Wildman–Crippen LogP) is -2.44. The van der Waals surface area contributed by atoms with E-state index in [9.17, 15) is 19.5 Å². The molecule has 1 aromatic rings. The number of β-amino-alcohol motifs (C(OH)–C–C–N with tert-alkyl or cyclic N) is 1. The number of hydrogen-bond donors (Lipinski definition) is 5. The van der Waals surface area contributed by atoms with Crippen LogP contribution in [0.2, 0.25) is 0 Å². The molecular formula is C19H36MnN7O6-. The van der Waals surface area contributed by atoms with Gasteiger partial charge >= 0.3 is 5.97 Å². The van der Waals surface area contributed by atoms with Gasteiger partial charge in [-0.3, -0.25) is 19.3 Å². The summed E-state index contributed by atoms with van der Waals surface area (Å²) >= 11 is 0. The zero-order chi connectivity index (χ0) is 23.2. The molecule has 0 saturated carbocycles. The van der Waals surface area contributed by atoms with E-state index in [0.717, 1.165) is 25.3 Å². The Labute approximate surface area is 204 Å². The first-order chi connectivity index (χ1) is 14.7. The van der Waals surface area contributed by atoms with Crippen LogP contribution in [0.15, 0.2) is 12.5 Å². The van der Waals surface area contributed by atoms with Gasteiger partial charge in [0.25, 0.3) is 0 Å². The number of nitrogens with zero attached hydrogens (tertiary/aromatic N) is 4. The summed E-state index contributed by atoms with van der Waals surface area (Å²) in [5.74, 6) is -1.64. The van der Waals surface area contributed by atoms with Crippen molar-refractivity contribution >= 4 is 17.8 Å². The minimum atomic E-state index is -0.800. The number of aliphatic carboxylic acids is 1. The first-order valence-corrected chi connectivity index (χ1v) is 10.2. The van der Waals surface area contributed by atoms with Gasteiger partial charge in [0.15, 0.2) is 0 Å². The van der Waals surface area contributed by atoms with Gasteiger partial charge in [0, 0.05) is 61.9 Å². The van der Waals surface area contributed by atoms with Crippen LogP contribution in [0.4, 0.5) is 0 Å². The summed E-state index contributed by atoms with van der Waals surface area (Å²) in [6.07, 6.45) is 3.05. The average Bonchev–Trinajstić information content (AvgIpc) is 3.19. The molecule has 191 valence electrons. The van der Waals surface area contributed by atoms with Crippen molar-refractivity contribution in [2.24, 2.45) is 5.73 Å². The number of hydrogen-bond acceptors (Lipinski definition) is 7. The average molecular weight is 513 g/mol. The molecule has 13 nitrogen and oxygen atoms in total. The molecule has 14 heteroatoms. The van der Waals surface area contributed by atoms with Crippen molar-refractivity contribution < 1.29 is 47.1 Å². The number of carboxylic acid groups (broad SMARTS) is 1. The quantitative estimate of drug-likeness (QED) is 0.235. The van der Waals surface area contributed by atoms with E-state index in [2.05, 4.69) is 25.5 Å². The van der Waals surface area contributed by atoms with Crippen LogP contribution >= 0.6 is 0 Å². The molecule has 0 spiro atoms. The summed E-state index contributed by atoms with van der Waals surface area (Å²) in [6, 6.07) is -0.687. The van der Waals surface area contributed by atoms with Crippen LogP contribution in [0.5, 0.6) is 0 Å². The minimum absolute atomic E-state index is 0. The number of rotatable bonds is 8. The third-order valence-corrected chi connectivity index (χ3v) is 4.46. The van der Waals surface area contributed by atoms with Crippen molar-refractivity contribution in [1.29, 1.82) is 0 Å². The molecule has 1 fully saturated rings. The molecule has 2 unspecified atom stereocenters. The maximum atomic E-state index is 10.9. The van der Waals surface area contributed by atoms with E-state index in [4.69, 9.17) is 10.8 Å². The molecular weight excluding hydrogens is 477 g/mol. The van der Waals surface area contributed by atoms with E-state index in [1.54, 1.807) is 13.1 Å². The topological polar surface area (TPSA) is 210 Å². The third-order valence-electron chi connectivity index (χ3n) is 4.46. The fourth-order valence-corrected chi connectivity index (χ4v) is 3.03. The first kappa shape index (κ1) is 33.1. The Morgan fingerprint density at radius 2 is 1.85 bits per heavy atom. The molecule has 1 aromatic heterocycles. The number of nitrogens with two attached hydrogens (primary N) is 1. The van der Waals surface area contributed by atoms with Gasteiger partial charge in [-0.25, -0.2) is 4.98 Å². The summed E-state index contributed by atoms with van der Waals surface area (Å²) < 4.78 is 0. The number of nitrogens with one attached hydrogen (secondary N) is 2. The molecule has 1 aliphatic heterocycles. The van der Waals surface area contributed by atoms with Crippen molar-refractivity contribution in [3.63, 3.8) is 0 Å². The summed E-state index contributed by atoms with van der Waals surface area (Å²) in [5.41, 5.74) is 5.87. The fraction of sp³-hybridized carbons (Fsp3) is 0.684. The SMILES string of the molecule is CC(=O)NC(Cc1cnc[nH]1)C(N)=O.CC(O)CN1CC[N-]CCN(CC(=O)O)CC1.O.[Mn]. The number of aromatic nitrogens is 2. The number of H-pyrrole nitrogens is 1. The Morgan fingerprint density at radius 1 is 1.24 bits per heavy atom. The van der Waals surface area contributed by atoms with Crippen LogP contribution in [-0.2, 0) is 37.9 Å². The zero-order valence-electron chi connectivity index (χ0n) is 19.0. The number of carbonyl (C=O) groups excluding carboxylic acids is 2.